The fraction of sp³-hybridized carbons (Fsp3) is 0.176. The third-order valence-electron chi connectivity index (χ3n) is 3.50. The van der Waals surface area contributed by atoms with Gasteiger partial charge in [0.15, 0.2) is 0 Å². The van der Waals surface area contributed by atoms with E-state index in [-0.39, 0.29) is 16.1 Å². The number of benzene rings is 2. The van der Waals surface area contributed by atoms with Crippen LogP contribution in [0.1, 0.15) is 17.3 Å². The number of hydrogen-bond donors (Lipinski definition) is 2. The summed E-state index contributed by atoms with van der Waals surface area (Å²) in [6.45, 7) is 1.66. The number of hydrazine groups is 1. The quantitative estimate of drug-likeness (QED) is 0.537. The van der Waals surface area contributed by atoms with Crippen LogP contribution in [0.4, 0.5) is 11.4 Å². The molecule has 0 aliphatic heterocycles. The smallest absolute Gasteiger partial charge is 0.338 e. The molecular formula is C17H19ClN4O4S. The number of nitrogens with one attached hydrogen (secondary N) is 1. The number of aromatic carboxylic acids is 1. The third kappa shape index (κ3) is 4.76. The maximum atomic E-state index is 12.3. The zero-order valence-electron chi connectivity index (χ0n) is 14.9. The van der Waals surface area contributed by atoms with Gasteiger partial charge in [-0.2, -0.15) is 10.2 Å². The van der Waals surface area contributed by atoms with Crippen molar-refractivity contribution in [3.8, 4) is 0 Å². The summed E-state index contributed by atoms with van der Waals surface area (Å²) in [5.74, 6) is -1.29. The molecule has 0 spiro atoms. The van der Waals surface area contributed by atoms with Gasteiger partial charge in [0.05, 0.1) is 21.8 Å². The summed E-state index contributed by atoms with van der Waals surface area (Å²) in [5.41, 5.74) is 3.46. The lowest BCUT2D eigenvalue weighted by Crippen LogP contribution is -2.27. The largest absolute Gasteiger partial charge is 0.478 e. The second-order valence-corrected chi connectivity index (χ2v) is 8.17. The molecule has 2 N–H and O–H groups in total. The Morgan fingerprint density at radius 3 is 2.48 bits per heavy atom. The van der Waals surface area contributed by atoms with Crippen LogP contribution in [0.25, 0.3) is 0 Å². The fourth-order valence-electron chi connectivity index (χ4n) is 2.19. The van der Waals surface area contributed by atoms with Crippen LogP contribution in [-0.2, 0) is 10.0 Å². The molecular weight excluding hydrogens is 392 g/mol. The highest BCUT2D eigenvalue weighted by Crippen LogP contribution is 2.27. The number of carboxylic acids is 1. The molecule has 0 saturated carbocycles. The number of anilines is 2. The molecule has 0 atom stereocenters. The Labute approximate surface area is 162 Å². The standard InChI is InChI=1S/C17H19ClN4O4S/c1-4-19-22(20-13-7-5-6-12(18)10-13)16-9-8-14(11-15(16)17(23)24)27(25,26)21(2)3/h4-11,20H,1-3H3,(H,23,24). The molecule has 2 aromatic rings. The van der Waals surface area contributed by atoms with Gasteiger partial charge in [-0.1, -0.05) is 17.7 Å². The van der Waals surface area contributed by atoms with Gasteiger partial charge in [-0.3, -0.25) is 5.43 Å². The Hall–Kier alpha value is -2.62. The van der Waals surface area contributed by atoms with E-state index in [0.717, 1.165) is 10.4 Å². The van der Waals surface area contributed by atoms with Crippen molar-refractivity contribution in [3.63, 3.8) is 0 Å². The maximum absolute atomic E-state index is 12.3. The van der Waals surface area contributed by atoms with Crippen molar-refractivity contribution in [3.05, 3.63) is 53.1 Å². The second-order valence-electron chi connectivity index (χ2n) is 5.58. The van der Waals surface area contributed by atoms with Gasteiger partial charge in [0.25, 0.3) is 0 Å². The predicted molar refractivity (Wildman–Crippen MR) is 106 cm³/mol. The SMILES string of the molecule is CC=NN(Nc1cccc(Cl)c1)c1ccc(S(=O)(=O)N(C)C)cc1C(=O)O. The van der Waals surface area contributed by atoms with E-state index in [0.29, 0.717) is 10.7 Å². The van der Waals surface area contributed by atoms with Gasteiger partial charge in [-0.15, -0.1) is 0 Å². The average molecular weight is 411 g/mol. The minimum atomic E-state index is -3.78. The third-order valence-corrected chi connectivity index (χ3v) is 5.54. The van der Waals surface area contributed by atoms with Crippen LogP contribution in [0.5, 0.6) is 0 Å². The predicted octanol–water partition coefficient (Wildman–Crippen LogP) is 3.13. The minimum Gasteiger partial charge on any atom is -0.478 e. The van der Waals surface area contributed by atoms with Gasteiger partial charge >= 0.3 is 5.97 Å². The van der Waals surface area contributed by atoms with Crippen LogP contribution in [0.15, 0.2) is 52.5 Å². The molecule has 0 heterocycles. The Morgan fingerprint density at radius 2 is 1.93 bits per heavy atom. The van der Waals surface area contributed by atoms with Crippen LogP contribution in [0.2, 0.25) is 5.02 Å². The van der Waals surface area contributed by atoms with Gasteiger partial charge in [0.2, 0.25) is 10.0 Å². The lowest BCUT2D eigenvalue weighted by atomic mass is 10.2. The Morgan fingerprint density at radius 1 is 1.22 bits per heavy atom. The van der Waals surface area contributed by atoms with Crippen LogP contribution >= 0.6 is 11.6 Å². The zero-order chi connectivity index (χ0) is 20.2. The van der Waals surface area contributed by atoms with Crippen LogP contribution in [0, 0.1) is 0 Å². The normalized spacial score (nSPS) is 11.7. The fourth-order valence-corrected chi connectivity index (χ4v) is 3.31. The molecule has 0 unspecified atom stereocenters. The molecule has 144 valence electrons. The summed E-state index contributed by atoms with van der Waals surface area (Å²) in [6, 6.07) is 10.6. The highest BCUT2D eigenvalue weighted by atomic mass is 35.5. The first kappa shape index (κ1) is 20.7. The molecule has 0 amide bonds. The van der Waals surface area contributed by atoms with Crippen molar-refractivity contribution < 1.29 is 18.3 Å². The number of carbonyl (C=O) groups is 1. The van der Waals surface area contributed by atoms with Crippen molar-refractivity contribution in [2.24, 2.45) is 5.10 Å². The lowest BCUT2D eigenvalue weighted by molar-refractivity contribution is 0.0697. The molecule has 8 nitrogen and oxygen atoms in total. The zero-order valence-corrected chi connectivity index (χ0v) is 16.5. The van der Waals surface area contributed by atoms with E-state index in [1.54, 1.807) is 31.2 Å². The number of carboxylic acid groups (broad SMARTS) is 1. The van der Waals surface area contributed by atoms with Crippen molar-refractivity contribution in [2.75, 3.05) is 24.6 Å². The highest BCUT2D eigenvalue weighted by molar-refractivity contribution is 7.89. The van der Waals surface area contributed by atoms with E-state index < -0.39 is 16.0 Å². The Bertz CT molecular complexity index is 977. The molecule has 10 heteroatoms. The van der Waals surface area contributed by atoms with Crippen LogP contribution in [-0.4, -0.2) is 44.1 Å². The van der Waals surface area contributed by atoms with E-state index in [4.69, 9.17) is 11.6 Å². The van der Waals surface area contributed by atoms with Gasteiger partial charge in [-0.25, -0.2) is 17.5 Å². The number of halogens is 1. The Balaban J connectivity index is 2.54. The molecule has 2 rings (SSSR count). The summed E-state index contributed by atoms with van der Waals surface area (Å²) in [4.78, 5) is 11.6. The maximum Gasteiger partial charge on any atom is 0.338 e. The van der Waals surface area contributed by atoms with E-state index in [1.165, 1.54) is 37.6 Å². The summed E-state index contributed by atoms with van der Waals surface area (Å²) < 4.78 is 25.6. The number of rotatable bonds is 7. The van der Waals surface area contributed by atoms with Gasteiger partial charge < -0.3 is 5.11 Å². The highest BCUT2D eigenvalue weighted by Gasteiger charge is 2.23. The van der Waals surface area contributed by atoms with Crippen molar-refractivity contribution in [1.29, 1.82) is 0 Å². The van der Waals surface area contributed by atoms with Gasteiger partial charge in [-0.05, 0) is 43.3 Å². The first-order valence-corrected chi connectivity index (χ1v) is 9.59. The van der Waals surface area contributed by atoms with Crippen LogP contribution < -0.4 is 10.5 Å². The Kier molecular flexibility index (Phi) is 6.42. The topological polar surface area (TPSA) is 102 Å². The van der Waals surface area contributed by atoms with E-state index in [9.17, 15) is 18.3 Å². The molecule has 0 saturated heterocycles. The average Bonchev–Trinajstić information content (AvgIpc) is 2.60. The summed E-state index contributed by atoms with van der Waals surface area (Å²) >= 11 is 5.97. The second kappa shape index (κ2) is 8.38. The molecule has 2 aromatic carbocycles. The minimum absolute atomic E-state index is 0.128. The first-order valence-electron chi connectivity index (χ1n) is 7.77. The molecule has 0 fully saturated rings. The van der Waals surface area contributed by atoms with Gasteiger partial charge in [0.1, 0.15) is 0 Å². The molecule has 27 heavy (non-hydrogen) atoms. The monoisotopic (exact) mass is 410 g/mol. The van der Waals surface area contributed by atoms with Crippen molar-refractivity contribution >= 4 is 45.2 Å². The number of hydrogen-bond acceptors (Lipinski definition) is 6. The van der Waals surface area contributed by atoms with E-state index >= 15 is 0 Å². The number of sulfonamides is 1. The van der Waals surface area contributed by atoms with Crippen molar-refractivity contribution in [2.45, 2.75) is 11.8 Å². The van der Waals surface area contributed by atoms with E-state index in [1.807, 2.05) is 0 Å². The summed E-state index contributed by atoms with van der Waals surface area (Å²) in [7, 11) is -1.03. The molecule has 0 aliphatic rings. The molecule has 0 radical (unpaired) electrons. The summed E-state index contributed by atoms with van der Waals surface area (Å²) in [6.07, 6.45) is 1.47. The molecule has 0 aliphatic carbocycles. The number of nitrogens with zero attached hydrogens (tertiary/aromatic N) is 3. The number of hydrazone groups is 1. The van der Waals surface area contributed by atoms with E-state index in [2.05, 4.69) is 10.5 Å². The summed E-state index contributed by atoms with van der Waals surface area (Å²) in [5, 5.41) is 15.4. The van der Waals surface area contributed by atoms with Gasteiger partial charge in [0, 0.05) is 25.3 Å². The lowest BCUT2D eigenvalue weighted by Gasteiger charge is -2.23. The molecule has 0 aromatic heterocycles. The first-order chi connectivity index (χ1) is 12.7. The van der Waals surface area contributed by atoms with Crippen LogP contribution in [0.3, 0.4) is 0 Å². The van der Waals surface area contributed by atoms with Crippen molar-refractivity contribution in [1.82, 2.24) is 4.31 Å². The molecule has 0 bridgehead atoms.